The van der Waals surface area contributed by atoms with Crippen LogP contribution in [0.5, 0.6) is 0 Å². The average Bonchev–Trinajstić information content (AvgIpc) is 2.15. The zero-order valence-corrected chi connectivity index (χ0v) is 7.61. The molecule has 0 radical (unpaired) electrons. The zero-order valence-electron chi connectivity index (χ0n) is 7.61. The number of piperidine rings is 1. The first-order valence-corrected chi connectivity index (χ1v) is 4.48. The van der Waals surface area contributed by atoms with Gasteiger partial charge in [-0.05, 0) is 19.3 Å². The Labute approximate surface area is 77.7 Å². The molecule has 1 saturated heterocycles. The van der Waals surface area contributed by atoms with E-state index in [1.54, 1.807) is 0 Å². The van der Waals surface area contributed by atoms with Crippen molar-refractivity contribution in [1.29, 1.82) is 0 Å². The van der Waals surface area contributed by atoms with Gasteiger partial charge in [0.1, 0.15) is 12.6 Å². The molecule has 1 aliphatic rings. The van der Waals surface area contributed by atoms with Gasteiger partial charge in [-0.2, -0.15) is 5.06 Å². The highest BCUT2D eigenvalue weighted by Crippen LogP contribution is 2.15. The molecule has 0 spiro atoms. The summed E-state index contributed by atoms with van der Waals surface area (Å²) in [4.78, 5) is 11.3. The smallest absolute Gasteiger partial charge is 0.326 e. The van der Waals surface area contributed by atoms with Crippen LogP contribution in [0.2, 0.25) is 0 Å². The molecule has 1 aliphatic heterocycles. The average molecular weight is 185 g/mol. The molecule has 0 bridgehead atoms. The van der Waals surface area contributed by atoms with Crippen molar-refractivity contribution < 1.29 is 14.7 Å². The predicted octanol–water partition coefficient (Wildman–Crippen LogP) is 0.959. The van der Waals surface area contributed by atoms with Crippen LogP contribution >= 0.6 is 0 Å². The maximum atomic E-state index is 11.3. The molecular formula is C9H15NO3. The Morgan fingerprint density at radius 3 is 3.08 bits per heavy atom. The fourth-order valence-electron chi connectivity index (χ4n) is 1.39. The standard InChI is InChI=1S/C9H15NO3/c1-2-7-13-9(11)8-5-3-4-6-10(8)12/h2,8,12H,1,3-7H2/t8-/m1/s1. The first-order valence-electron chi connectivity index (χ1n) is 4.48. The Bertz CT molecular complexity index is 193. The number of hydroxylamine groups is 2. The van der Waals surface area contributed by atoms with Crippen molar-refractivity contribution in [3.63, 3.8) is 0 Å². The highest BCUT2D eigenvalue weighted by molar-refractivity contribution is 5.75. The zero-order chi connectivity index (χ0) is 9.68. The molecule has 13 heavy (non-hydrogen) atoms. The fourth-order valence-corrected chi connectivity index (χ4v) is 1.39. The van der Waals surface area contributed by atoms with E-state index in [1.807, 2.05) is 0 Å². The van der Waals surface area contributed by atoms with E-state index in [-0.39, 0.29) is 12.6 Å². The van der Waals surface area contributed by atoms with Crippen LogP contribution in [-0.4, -0.2) is 35.4 Å². The molecule has 74 valence electrons. The third-order valence-electron chi connectivity index (χ3n) is 2.09. The van der Waals surface area contributed by atoms with Crippen molar-refractivity contribution in [1.82, 2.24) is 5.06 Å². The molecule has 1 fully saturated rings. The Balaban J connectivity index is 2.39. The topological polar surface area (TPSA) is 49.8 Å². The quantitative estimate of drug-likeness (QED) is 0.525. The summed E-state index contributed by atoms with van der Waals surface area (Å²) in [5.41, 5.74) is 0. The summed E-state index contributed by atoms with van der Waals surface area (Å²) >= 11 is 0. The lowest BCUT2D eigenvalue weighted by molar-refractivity contribution is -0.180. The van der Waals surface area contributed by atoms with Crippen molar-refractivity contribution in [3.8, 4) is 0 Å². The van der Waals surface area contributed by atoms with Crippen molar-refractivity contribution in [2.24, 2.45) is 0 Å². The van der Waals surface area contributed by atoms with E-state index in [1.165, 1.54) is 6.08 Å². The van der Waals surface area contributed by atoms with Crippen molar-refractivity contribution in [3.05, 3.63) is 12.7 Å². The van der Waals surface area contributed by atoms with Gasteiger partial charge in [-0.3, -0.25) is 4.79 Å². The molecule has 1 atom stereocenters. The van der Waals surface area contributed by atoms with E-state index in [9.17, 15) is 10.0 Å². The molecule has 0 aliphatic carbocycles. The van der Waals surface area contributed by atoms with E-state index in [0.29, 0.717) is 13.0 Å². The van der Waals surface area contributed by atoms with Crippen molar-refractivity contribution in [2.45, 2.75) is 25.3 Å². The number of ether oxygens (including phenoxy) is 1. The highest BCUT2D eigenvalue weighted by Gasteiger charge is 2.28. The Hall–Kier alpha value is -0.870. The lowest BCUT2D eigenvalue weighted by atomic mass is 10.1. The lowest BCUT2D eigenvalue weighted by Crippen LogP contribution is -2.43. The summed E-state index contributed by atoms with van der Waals surface area (Å²) in [7, 11) is 0. The summed E-state index contributed by atoms with van der Waals surface area (Å²) < 4.78 is 4.84. The van der Waals surface area contributed by atoms with E-state index >= 15 is 0 Å². The summed E-state index contributed by atoms with van der Waals surface area (Å²) in [6, 6.07) is -0.478. The van der Waals surface area contributed by atoms with Crippen LogP contribution in [0.4, 0.5) is 0 Å². The van der Waals surface area contributed by atoms with Crippen LogP contribution in [-0.2, 0) is 9.53 Å². The van der Waals surface area contributed by atoms with Crippen LogP contribution < -0.4 is 0 Å². The predicted molar refractivity (Wildman–Crippen MR) is 47.3 cm³/mol. The van der Waals surface area contributed by atoms with E-state index in [2.05, 4.69) is 6.58 Å². The summed E-state index contributed by atoms with van der Waals surface area (Å²) in [6.45, 7) is 4.20. The number of carbonyl (C=O) groups is 1. The number of esters is 1. The highest BCUT2D eigenvalue weighted by atomic mass is 16.6. The summed E-state index contributed by atoms with van der Waals surface area (Å²) in [6.07, 6.45) is 4.08. The van der Waals surface area contributed by atoms with Crippen LogP contribution in [0.3, 0.4) is 0 Å². The Morgan fingerprint density at radius 1 is 1.69 bits per heavy atom. The third-order valence-corrected chi connectivity index (χ3v) is 2.09. The molecular weight excluding hydrogens is 170 g/mol. The summed E-state index contributed by atoms with van der Waals surface area (Å²) in [5.74, 6) is -0.359. The molecule has 0 amide bonds. The SMILES string of the molecule is C=CCOC(=O)[C@H]1CCCCN1O. The molecule has 1 rings (SSSR count). The number of hydrogen-bond acceptors (Lipinski definition) is 4. The van der Waals surface area contributed by atoms with Crippen molar-refractivity contribution >= 4 is 5.97 Å². The summed E-state index contributed by atoms with van der Waals surface area (Å²) in [5, 5.41) is 10.4. The third kappa shape index (κ3) is 2.82. The number of nitrogens with zero attached hydrogens (tertiary/aromatic N) is 1. The maximum absolute atomic E-state index is 11.3. The van der Waals surface area contributed by atoms with Gasteiger partial charge in [-0.25, -0.2) is 0 Å². The molecule has 4 nitrogen and oxygen atoms in total. The number of rotatable bonds is 3. The minimum Gasteiger partial charge on any atom is -0.460 e. The largest absolute Gasteiger partial charge is 0.460 e. The van der Waals surface area contributed by atoms with Gasteiger partial charge in [0.25, 0.3) is 0 Å². The Morgan fingerprint density at radius 2 is 2.46 bits per heavy atom. The van der Waals surface area contributed by atoms with E-state index in [4.69, 9.17) is 4.74 Å². The van der Waals surface area contributed by atoms with Crippen LogP contribution in [0.1, 0.15) is 19.3 Å². The monoisotopic (exact) mass is 185 g/mol. The second-order valence-electron chi connectivity index (χ2n) is 3.09. The molecule has 1 N–H and O–H groups in total. The van der Waals surface area contributed by atoms with Crippen LogP contribution in [0, 0.1) is 0 Å². The first kappa shape index (κ1) is 10.2. The molecule has 0 aromatic rings. The van der Waals surface area contributed by atoms with Gasteiger partial charge < -0.3 is 9.94 Å². The minimum atomic E-state index is -0.478. The van der Waals surface area contributed by atoms with Crippen molar-refractivity contribution in [2.75, 3.05) is 13.2 Å². The second-order valence-corrected chi connectivity index (χ2v) is 3.09. The van der Waals surface area contributed by atoms with Gasteiger partial charge in [0.2, 0.25) is 0 Å². The van der Waals surface area contributed by atoms with Gasteiger partial charge in [0, 0.05) is 6.54 Å². The van der Waals surface area contributed by atoms with Crippen LogP contribution in [0.15, 0.2) is 12.7 Å². The molecule has 0 saturated carbocycles. The maximum Gasteiger partial charge on any atom is 0.326 e. The first-order chi connectivity index (χ1) is 6.25. The van der Waals surface area contributed by atoms with Gasteiger partial charge in [0.05, 0.1) is 0 Å². The second kappa shape index (κ2) is 4.99. The molecule has 4 heteroatoms. The van der Waals surface area contributed by atoms with Gasteiger partial charge in [-0.15, -0.1) is 0 Å². The van der Waals surface area contributed by atoms with E-state index < -0.39 is 6.04 Å². The van der Waals surface area contributed by atoms with Gasteiger partial charge >= 0.3 is 5.97 Å². The number of carbonyl (C=O) groups excluding carboxylic acids is 1. The molecule has 0 aromatic carbocycles. The van der Waals surface area contributed by atoms with E-state index in [0.717, 1.165) is 17.9 Å². The molecule has 0 unspecified atom stereocenters. The fraction of sp³-hybridized carbons (Fsp3) is 0.667. The van der Waals surface area contributed by atoms with Crippen LogP contribution in [0.25, 0.3) is 0 Å². The molecule has 0 aromatic heterocycles. The Kier molecular flexibility index (Phi) is 3.92. The number of hydrogen-bond donors (Lipinski definition) is 1. The minimum absolute atomic E-state index is 0.211. The van der Waals surface area contributed by atoms with Gasteiger partial charge in [0.15, 0.2) is 0 Å². The lowest BCUT2D eigenvalue weighted by Gasteiger charge is -2.28. The normalized spacial score (nSPS) is 23.9. The molecule has 1 heterocycles. The van der Waals surface area contributed by atoms with Gasteiger partial charge in [-0.1, -0.05) is 12.7 Å².